The van der Waals surface area contributed by atoms with Crippen LogP contribution in [0.1, 0.15) is 21.8 Å². The van der Waals surface area contributed by atoms with Gasteiger partial charge in [0, 0.05) is 23.2 Å². The van der Waals surface area contributed by atoms with E-state index >= 15 is 0 Å². The molecule has 1 aliphatic heterocycles. The molecule has 1 atom stereocenters. The van der Waals surface area contributed by atoms with E-state index < -0.39 is 17.9 Å². The van der Waals surface area contributed by atoms with Gasteiger partial charge in [-0.2, -0.15) is 0 Å². The van der Waals surface area contributed by atoms with Gasteiger partial charge in [0.1, 0.15) is 30.8 Å². The number of amides is 1. The van der Waals surface area contributed by atoms with Gasteiger partial charge in [0.2, 0.25) is 0 Å². The number of hydrogen-bond donors (Lipinski definition) is 3. The third-order valence-electron chi connectivity index (χ3n) is 5.60. The molecule has 0 aliphatic carbocycles. The molecule has 2 aromatic heterocycles. The van der Waals surface area contributed by atoms with Crippen molar-refractivity contribution in [2.75, 3.05) is 13.2 Å². The molecule has 2 aromatic carbocycles. The van der Waals surface area contributed by atoms with Crippen molar-refractivity contribution in [1.82, 2.24) is 10.3 Å². The number of benzene rings is 2. The minimum Gasteiger partial charge on any atom is -0.486 e. The Balaban J connectivity index is 1.35. The number of aromatic amines is 1. The summed E-state index contributed by atoms with van der Waals surface area (Å²) in [5, 5.41) is 13.3. The average molecular weight is 446 g/mol. The summed E-state index contributed by atoms with van der Waals surface area (Å²) < 4.78 is 17.0. The Morgan fingerprint density at radius 3 is 2.64 bits per heavy atom. The topological polar surface area (TPSA) is 114 Å². The first-order valence-corrected chi connectivity index (χ1v) is 10.6. The number of carboxylic acid groups (broad SMARTS) is 1. The van der Waals surface area contributed by atoms with Crippen LogP contribution < -0.4 is 14.8 Å². The smallest absolute Gasteiger partial charge is 0.326 e. The Hall–Kier alpha value is -4.20. The van der Waals surface area contributed by atoms with Crippen LogP contribution in [0.25, 0.3) is 22.2 Å². The number of nitrogens with one attached hydrogen (secondary N) is 2. The summed E-state index contributed by atoms with van der Waals surface area (Å²) in [6.07, 6.45) is 0.127. The number of carbonyl (C=O) groups is 2. The average Bonchev–Trinajstić information content (AvgIpc) is 3.41. The van der Waals surface area contributed by atoms with Crippen LogP contribution in [0.5, 0.6) is 11.5 Å². The number of furan rings is 1. The standard InChI is InChI=1S/C25H22N2O6/c1-14-18(13-22(33-14)16-6-7-21-23(11-16)32-9-8-31-21)24(28)27-20(25(29)30)12-17-10-15-4-2-3-5-19(15)26-17/h2-7,10-11,13,20,26H,8-9,12H2,1H3,(H,27,28)(H,29,30)/t20-/m1/s1. The van der Waals surface area contributed by atoms with Crippen LogP contribution in [0.2, 0.25) is 0 Å². The Kier molecular flexibility index (Phi) is 5.26. The monoisotopic (exact) mass is 446 g/mol. The summed E-state index contributed by atoms with van der Waals surface area (Å²) in [7, 11) is 0. The predicted octanol–water partition coefficient (Wildman–Crippen LogP) is 3.93. The molecule has 0 bridgehead atoms. The molecular formula is C25H22N2O6. The van der Waals surface area contributed by atoms with Crippen molar-refractivity contribution in [3.8, 4) is 22.8 Å². The lowest BCUT2D eigenvalue weighted by Gasteiger charge is -2.18. The maximum atomic E-state index is 12.9. The van der Waals surface area contributed by atoms with E-state index in [2.05, 4.69) is 10.3 Å². The van der Waals surface area contributed by atoms with E-state index in [-0.39, 0.29) is 12.0 Å². The van der Waals surface area contributed by atoms with Gasteiger partial charge in [-0.1, -0.05) is 18.2 Å². The van der Waals surface area contributed by atoms with Gasteiger partial charge in [-0.25, -0.2) is 4.79 Å². The number of aliphatic carboxylic acids is 1. The van der Waals surface area contributed by atoms with Crippen LogP contribution in [0, 0.1) is 6.92 Å². The summed E-state index contributed by atoms with van der Waals surface area (Å²) in [4.78, 5) is 28.0. The lowest BCUT2D eigenvalue weighted by molar-refractivity contribution is -0.139. The molecule has 3 heterocycles. The number of rotatable bonds is 6. The quantitative estimate of drug-likeness (QED) is 0.414. The Morgan fingerprint density at radius 1 is 1.06 bits per heavy atom. The molecule has 0 fully saturated rings. The van der Waals surface area contributed by atoms with Crippen molar-refractivity contribution in [3.05, 3.63) is 71.6 Å². The molecule has 8 heteroatoms. The number of carboxylic acids is 1. The highest BCUT2D eigenvalue weighted by Gasteiger charge is 2.25. The number of H-pyrrole nitrogens is 1. The second kappa shape index (κ2) is 8.38. The Bertz CT molecular complexity index is 1320. The van der Waals surface area contributed by atoms with Gasteiger partial charge >= 0.3 is 5.97 Å². The molecule has 168 valence electrons. The van der Waals surface area contributed by atoms with E-state index in [4.69, 9.17) is 13.9 Å². The molecule has 1 aliphatic rings. The lowest BCUT2D eigenvalue weighted by atomic mass is 10.1. The first kappa shape index (κ1) is 20.7. The maximum absolute atomic E-state index is 12.9. The van der Waals surface area contributed by atoms with Crippen molar-refractivity contribution >= 4 is 22.8 Å². The zero-order valence-electron chi connectivity index (χ0n) is 17.9. The van der Waals surface area contributed by atoms with Crippen LogP contribution in [0.3, 0.4) is 0 Å². The first-order chi connectivity index (χ1) is 16.0. The van der Waals surface area contributed by atoms with Gasteiger partial charge in [-0.3, -0.25) is 4.79 Å². The lowest BCUT2D eigenvalue weighted by Crippen LogP contribution is -2.42. The van der Waals surface area contributed by atoms with E-state index in [0.29, 0.717) is 36.2 Å². The van der Waals surface area contributed by atoms with Gasteiger partial charge in [0.25, 0.3) is 5.91 Å². The molecule has 0 saturated carbocycles. The number of fused-ring (bicyclic) bond motifs is 2. The maximum Gasteiger partial charge on any atom is 0.326 e. The highest BCUT2D eigenvalue weighted by molar-refractivity contribution is 5.98. The van der Waals surface area contributed by atoms with Gasteiger partial charge in [0.15, 0.2) is 11.5 Å². The Morgan fingerprint density at radius 2 is 1.85 bits per heavy atom. The van der Waals surface area contributed by atoms with Crippen molar-refractivity contribution in [2.24, 2.45) is 0 Å². The van der Waals surface area contributed by atoms with Crippen LogP contribution in [0.15, 0.2) is 59.0 Å². The molecule has 8 nitrogen and oxygen atoms in total. The van der Waals surface area contributed by atoms with Crippen molar-refractivity contribution in [3.63, 3.8) is 0 Å². The zero-order chi connectivity index (χ0) is 22.9. The van der Waals surface area contributed by atoms with E-state index in [1.165, 1.54) is 0 Å². The molecule has 1 amide bonds. The van der Waals surface area contributed by atoms with Crippen molar-refractivity contribution in [2.45, 2.75) is 19.4 Å². The highest BCUT2D eigenvalue weighted by Crippen LogP contribution is 2.35. The van der Waals surface area contributed by atoms with Crippen LogP contribution in [0.4, 0.5) is 0 Å². The number of ether oxygens (including phenoxy) is 2. The zero-order valence-corrected chi connectivity index (χ0v) is 17.9. The van der Waals surface area contributed by atoms with E-state index in [0.717, 1.165) is 22.2 Å². The third-order valence-corrected chi connectivity index (χ3v) is 5.60. The fourth-order valence-corrected chi connectivity index (χ4v) is 3.95. The fourth-order valence-electron chi connectivity index (χ4n) is 3.95. The van der Waals surface area contributed by atoms with Crippen molar-refractivity contribution in [1.29, 1.82) is 0 Å². The largest absolute Gasteiger partial charge is 0.486 e. The van der Waals surface area contributed by atoms with Crippen LogP contribution >= 0.6 is 0 Å². The number of aromatic nitrogens is 1. The second-order valence-corrected chi connectivity index (χ2v) is 7.89. The number of hydrogen-bond acceptors (Lipinski definition) is 5. The molecule has 0 radical (unpaired) electrons. The SMILES string of the molecule is Cc1oc(-c2ccc3c(c2)OCCO3)cc1C(=O)N[C@H](Cc1cc2ccccc2[nH]1)C(=O)O. The minimum absolute atomic E-state index is 0.127. The summed E-state index contributed by atoms with van der Waals surface area (Å²) in [5.74, 6) is 0.527. The third kappa shape index (κ3) is 4.15. The molecule has 3 N–H and O–H groups in total. The molecule has 4 aromatic rings. The number of carbonyl (C=O) groups excluding carboxylic acids is 1. The van der Waals surface area contributed by atoms with Gasteiger partial charge < -0.3 is 29.3 Å². The van der Waals surface area contributed by atoms with E-state index in [1.54, 1.807) is 25.1 Å². The second-order valence-electron chi connectivity index (χ2n) is 7.89. The Labute approximate surface area is 189 Å². The summed E-state index contributed by atoms with van der Waals surface area (Å²) in [5.41, 5.74) is 2.65. The molecule has 33 heavy (non-hydrogen) atoms. The van der Waals surface area contributed by atoms with E-state index in [9.17, 15) is 14.7 Å². The molecular weight excluding hydrogens is 424 g/mol. The van der Waals surface area contributed by atoms with E-state index in [1.807, 2.05) is 36.4 Å². The van der Waals surface area contributed by atoms with Gasteiger partial charge in [-0.05, 0) is 48.7 Å². The molecule has 0 unspecified atom stereocenters. The van der Waals surface area contributed by atoms with Crippen molar-refractivity contribution < 1.29 is 28.6 Å². The summed E-state index contributed by atoms with van der Waals surface area (Å²) >= 11 is 0. The number of para-hydroxylation sites is 1. The molecule has 0 saturated heterocycles. The number of aryl methyl sites for hydroxylation is 1. The summed E-state index contributed by atoms with van der Waals surface area (Å²) in [6, 6.07) is 15.5. The van der Waals surface area contributed by atoms with Crippen LogP contribution in [-0.2, 0) is 11.2 Å². The van der Waals surface area contributed by atoms with Crippen LogP contribution in [-0.4, -0.2) is 41.2 Å². The normalized spacial score (nSPS) is 13.6. The van der Waals surface area contributed by atoms with Gasteiger partial charge in [-0.15, -0.1) is 0 Å². The fraction of sp³-hybridized carbons (Fsp3) is 0.200. The summed E-state index contributed by atoms with van der Waals surface area (Å²) in [6.45, 7) is 2.64. The minimum atomic E-state index is -1.12. The first-order valence-electron chi connectivity index (χ1n) is 10.6. The highest BCUT2D eigenvalue weighted by atomic mass is 16.6. The predicted molar refractivity (Wildman–Crippen MR) is 121 cm³/mol. The molecule has 0 spiro atoms. The molecule has 5 rings (SSSR count). The van der Waals surface area contributed by atoms with Gasteiger partial charge in [0.05, 0.1) is 5.56 Å².